The molecule has 21 heavy (non-hydrogen) atoms. The van der Waals surface area contributed by atoms with Crippen LogP contribution in [-0.4, -0.2) is 35.7 Å². The van der Waals surface area contributed by atoms with Gasteiger partial charge in [0.2, 0.25) is 0 Å². The van der Waals surface area contributed by atoms with Gasteiger partial charge in [-0.3, -0.25) is 0 Å². The first-order valence-corrected chi connectivity index (χ1v) is 9.59. The Bertz CT molecular complexity index is 406. The molecule has 5 heteroatoms. The molecule has 0 spiro atoms. The summed E-state index contributed by atoms with van der Waals surface area (Å²) < 4.78 is 22.9. The molecular formula is C16H28O4Si. The Kier molecular flexibility index (Phi) is 7.96. The van der Waals surface area contributed by atoms with E-state index in [0.717, 1.165) is 23.8 Å². The van der Waals surface area contributed by atoms with E-state index in [-0.39, 0.29) is 0 Å². The maximum atomic E-state index is 5.88. The molecule has 0 amide bonds. The lowest BCUT2D eigenvalue weighted by Gasteiger charge is -2.28. The van der Waals surface area contributed by atoms with E-state index in [9.17, 15) is 0 Å². The fraction of sp³-hybridized carbons (Fsp3) is 0.625. The van der Waals surface area contributed by atoms with Gasteiger partial charge in [0, 0.05) is 25.9 Å². The molecule has 0 aliphatic carbocycles. The first kappa shape index (κ1) is 18.2. The van der Waals surface area contributed by atoms with Gasteiger partial charge in [0.05, 0.1) is 7.11 Å². The van der Waals surface area contributed by atoms with E-state index in [1.807, 2.05) is 26.8 Å². The van der Waals surface area contributed by atoms with Crippen LogP contribution in [0.5, 0.6) is 5.75 Å². The molecule has 0 aromatic heterocycles. The van der Waals surface area contributed by atoms with Crippen LogP contribution in [0.15, 0.2) is 18.2 Å². The van der Waals surface area contributed by atoms with E-state index in [4.69, 9.17) is 18.0 Å². The third-order valence-corrected chi connectivity index (χ3v) is 6.32. The Morgan fingerprint density at radius 2 is 1.52 bits per heavy atom. The van der Waals surface area contributed by atoms with Crippen LogP contribution in [0.4, 0.5) is 0 Å². The number of rotatable bonds is 10. The van der Waals surface area contributed by atoms with Crippen LogP contribution < -0.4 is 4.74 Å². The minimum Gasteiger partial charge on any atom is -0.496 e. The van der Waals surface area contributed by atoms with E-state index in [0.29, 0.717) is 19.8 Å². The fourth-order valence-electron chi connectivity index (χ4n) is 2.39. The zero-order valence-electron chi connectivity index (χ0n) is 13.9. The Hall–Kier alpha value is -0.883. The molecule has 0 atom stereocenters. The summed E-state index contributed by atoms with van der Waals surface area (Å²) in [7, 11) is -0.855. The van der Waals surface area contributed by atoms with Gasteiger partial charge >= 0.3 is 8.80 Å². The highest BCUT2D eigenvalue weighted by molar-refractivity contribution is 6.60. The summed E-state index contributed by atoms with van der Waals surface area (Å²) >= 11 is 0. The first-order valence-electron chi connectivity index (χ1n) is 7.66. The lowest BCUT2D eigenvalue weighted by atomic mass is 10.1. The van der Waals surface area contributed by atoms with Crippen molar-refractivity contribution in [2.75, 3.05) is 26.9 Å². The van der Waals surface area contributed by atoms with Crippen molar-refractivity contribution in [1.82, 2.24) is 0 Å². The van der Waals surface area contributed by atoms with Crippen molar-refractivity contribution in [1.29, 1.82) is 0 Å². The number of aryl methyl sites for hydroxylation is 2. The summed E-state index contributed by atoms with van der Waals surface area (Å²) in [5.74, 6) is 0.918. The van der Waals surface area contributed by atoms with Crippen molar-refractivity contribution in [3.8, 4) is 5.75 Å². The molecule has 1 aromatic rings. The van der Waals surface area contributed by atoms with Gasteiger partial charge in [-0.05, 0) is 51.3 Å². The second-order valence-electron chi connectivity index (χ2n) is 4.79. The fourth-order valence-corrected chi connectivity index (χ4v) is 4.99. The molecule has 0 unspecified atom stereocenters. The van der Waals surface area contributed by atoms with Crippen LogP contribution in [0, 0.1) is 6.92 Å². The highest BCUT2D eigenvalue weighted by Crippen LogP contribution is 2.23. The molecule has 0 bridgehead atoms. The van der Waals surface area contributed by atoms with E-state index in [2.05, 4.69) is 19.1 Å². The minimum atomic E-state index is -2.55. The molecule has 0 heterocycles. The van der Waals surface area contributed by atoms with Crippen molar-refractivity contribution in [2.24, 2.45) is 0 Å². The smallest absolute Gasteiger partial charge is 0.496 e. The van der Waals surface area contributed by atoms with E-state index in [1.54, 1.807) is 7.11 Å². The summed E-state index contributed by atoms with van der Waals surface area (Å²) in [5, 5.41) is 0. The maximum Gasteiger partial charge on any atom is 0.501 e. The molecule has 1 aromatic carbocycles. The summed E-state index contributed by atoms with van der Waals surface area (Å²) in [6.45, 7) is 9.86. The highest BCUT2D eigenvalue weighted by atomic mass is 28.4. The second kappa shape index (κ2) is 9.20. The topological polar surface area (TPSA) is 36.9 Å². The molecular weight excluding hydrogens is 284 g/mol. The highest BCUT2D eigenvalue weighted by Gasteiger charge is 2.39. The molecule has 0 aliphatic heterocycles. The van der Waals surface area contributed by atoms with Gasteiger partial charge in [-0.25, -0.2) is 0 Å². The van der Waals surface area contributed by atoms with Crippen molar-refractivity contribution < 1.29 is 18.0 Å². The zero-order valence-corrected chi connectivity index (χ0v) is 14.9. The molecule has 0 fully saturated rings. The average Bonchev–Trinajstić information content (AvgIpc) is 2.46. The molecule has 120 valence electrons. The van der Waals surface area contributed by atoms with Gasteiger partial charge in [-0.2, -0.15) is 0 Å². The predicted octanol–water partition coefficient (Wildman–Crippen LogP) is 3.59. The van der Waals surface area contributed by atoms with Crippen LogP contribution >= 0.6 is 0 Å². The second-order valence-corrected chi connectivity index (χ2v) is 7.52. The predicted molar refractivity (Wildman–Crippen MR) is 86.9 cm³/mol. The van der Waals surface area contributed by atoms with Gasteiger partial charge < -0.3 is 18.0 Å². The number of ether oxygens (including phenoxy) is 1. The van der Waals surface area contributed by atoms with E-state index < -0.39 is 8.80 Å². The van der Waals surface area contributed by atoms with E-state index >= 15 is 0 Å². The summed E-state index contributed by atoms with van der Waals surface area (Å²) in [4.78, 5) is 0. The Morgan fingerprint density at radius 3 is 1.95 bits per heavy atom. The van der Waals surface area contributed by atoms with Crippen LogP contribution in [-0.2, 0) is 19.7 Å². The summed E-state index contributed by atoms with van der Waals surface area (Å²) in [6.07, 6.45) is 0.886. The van der Waals surface area contributed by atoms with Gasteiger partial charge in [0.15, 0.2) is 0 Å². The largest absolute Gasteiger partial charge is 0.501 e. The van der Waals surface area contributed by atoms with Crippen molar-refractivity contribution in [3.63, 3.8) is 0 Å². The van der Waals surface area contributed by atoms with Crippen LogP contribution in [0.3, 0.4) is 0 Å². The molecule has 0 saturated heterocycles. The summed E-state index contributed by atoms with van der Waals surface area (Å²) in [5.41, 5.74) is 2.40. The third-order valence-electron chi connectivity index (χ3n) is 3.27. The maximum absolute atomic E-state index is 5.88. The number of hydrogen-bond acceptors (Lipinski definition) is 4. The average molecular weight is 312 g/mol. The first-order chi connectivity index (χ1) is 10.1. The number of methoxy groups -OCH3 is 1. The number of hydrogen-bond donors (Lipinski definition) is 0. The van der Waals surface area contributed by atoms with Crippen molar-refractivity contribution in [3.05, 3.63) is 29.3 Å². The monoisotopic (exact) mass is 312 g/mol. The van der Waals surface area contributed by atoms with Gasteiger partial charge in [0.25, 0.3) is 0 Å². The molecule has 0 radical (unpaired) electrons. The molecule has 1 rings (SSSR count). The molecule has 4 nitrogen and oxygen atoms in total. The van der Waals surface area contributed by atoms with Crippen LogP contribution in [0.1, 0.15) is 31.9 Å². The van der Waals surface area contributed by atoms with Gasteiger partial charge in [-0.1, -0.05) is 12.1 Å². The normalized spacial score (nSPS) is 11.7. The Labute approximate surface area is 129 Å². The standard InChI is InChI=1S/C16H28O4Si/c1-6-18-21(19-7-2,20-8-3)12-11-15-9-10-16(17-5)14(4)13-15/h9-10,13H,6-8,11-12H2,1-5H3. The van der Waals surface area contributed by atoms with Crippen molar-refractivity contribution in [2.45, 2.75) is 40.2 Å². The lowest BCUT2D eigenvalue weighted by molar-refractivity contribution is 0.0714. The third kappa shape index (κ3) is 5.43. The lowest BCUT2D eigenvalue weighted by Crippen LogP contribution is -2.46. The van der Waals surface area contributed by atoms with E-state index in [1.165, 1.54) is 5.56 Å². The van der Waals surface area contributed by atoms with Gasteiger partial charge in [-0.15, -0.1) is 0 Å². The van der Waals surface area contributed by atoms with Gasteiger partial charge in [0.1, 0.15) is 5.75 Å². The Morgan fingerprint density at radius 1 is 0.952 bits per heavy atom. The van der Waals surface area contributed by atoms with Crippen molar-refractivity contribution >= 4 is 8.80 Å². The summed E-state index contributed by atoms with van der Waals surface area (Å²) in [6, 6.07) is 7.06. The molecule has 0 N–H and O–H groups in total. The molecule has 0 saturated carbocycles. The quantitative estimate of drug-likeness (QED) is 0.619. The van der Waals surface area contributed by atoms with Crippen LogP contribution in [0.2, 0.25) is 6.04 Å². The molecule has 0 aliphatic rings. The zero-order chi connectivity index (χ0) is 15.7. The van der Waals surface area contributed by atoms with Crippen LogP contribution in [0.25, 0.3) is 0 Å². The number of benzene rings is 1. The SMILES string of the molecule is CCO[Si](CCc1ccc(OC)c(C)c1)(OCC)OCC. The minimum absolute atomic E-state index is 0.619. The Balaban J connectivity index is 2.77.